The fourth-order valence-corrected chi connectivity index (χ4v) is 2.86. The Morgan fingerprint density at radius 3 is 2.90 bits per heavy atom. The molecule has 112 valence electrons. The van der Waals surface area contributed by atoms with E-state index in [0.717, 1.165) is 24.0 Å². The van der Waals surface area contributed by atoms with Gasteiger partial charge in [-0.2, -0.15) is 0 Å². The maximum absolute atomic E-state index is 5.18. The van der Waals surface area contributed by atoms with Gasteiger partial charge in [-0.25, -0.2) is 9.97 Å². The molecule has 1 aliphatic heterocycles. The molecule has 0 amide bonds. The van der Waals surface area contributed by atoms with Gasteiger partial charge in [0.25, 0.3) is 0 Å². The fourth-order valence-electron chi connectivity index (χ4n) is 2.86. The highest BCUT2D eigenvalue weighted by Crippen LogP contribution is 2.26. The molecule has 5 heteroatoms. The summed E-state index contributed by atoms with van der Waals surface area (Å²) in [6, 6.07) is 2.64. The monoisotopic (exact) mass is 278 g/mol. The summed E-state index contributed by atoms with van der Waals surface area (Å²) in [5.74, 6) is 2.64. The summed E-state index contributed by atoms with van der Waals surface area (Å²) >= 11 is 0. The van der Waals surface area contributed by atoms with Gasteiger partial charge in [0.05, 0.1) is 0 Å². The summed E-state index contributed by atoms with van der Waals surface area (Å²) in [7, 11) is 3.57. The maximum atomic E-state index is 5.18. The van der Waals surface area contributed by atoms with Gasteiger partial charge in [0.2, 0.25) is 0 Å². The van der Waals surface area contributed by atoms with E-state index in [-0.39, 0.29) is 0 Å². The topological polar surface area (TPSA) is 50.3 Å². The Labute approximate surface area is 121 Å². The molecule has 0 aliphatic carbocycles. The summed E-state index contributed by atoms with van der Waals surface area (Å²) < 4.78 is 5.18. The van der Waals surface area contributed by atoms with Gasteiger partial charge in [-0.15, -0.1) is 0 Å². The SMILES string of the molecule is CCC1CCCCCN1c1cc(NC)nc(COC)n1. The third kappa shape index (κ3) is 3.60. The predicted octanol–water partition coefficient (Wildman–Crippen LogP) is 2.82. The minimum atomic E-state index is 0.452. The molecule has 0 spiro atoms. The second-order valence-corrected chi connectivity index (χ2v) is 5.32. The zero-order valence-electron chi connectivity index (χ0n) is 12.9. The van der Waals surface area contributed by atoms with Crippen LogP contribution in [0.3, 0.4) is 0 Å². The number of hydrogen-bond donors (Lipinski definition) is 1. The second kappa shape index (κ2) is 7.43. The van der Waals surface area contributed by atoms with Crippen LogP contribution in [0.1, 0.15) is 44.9 Å². The Kier molecular flexibility index (Phi) is 5.59. The van der Waals surface area contributed by atoms with E-state index in [2.05, 4.69) is 27.1 Å². The highest BCUT2D eigenvalue weighted by molar-refractivity contribution is 5.50. The van der Waals surface area contributed by atoms with Crippen LogP contribution in [-0.4, -0.2) is 36.7 Å². The van der Waals surface area contributed by atoms with Gasteiger partial charge in [-0.05, 0) is 19.3 Å². The Morgan fingerprint density at radius 1 is 1.35 bits per heavy atom. The normalized spacial score (nSPS) is 19.8. The molecule has 0 bridgehead atoms. The quantitative estimate of drug-likeness (QED) is 0.897. The van der Waals surface area contributed by atoms with E-state index in [1.165, 1.54) is 32.1 Å². The van der Waals surface area contributed by atoms with Crippen molar-refractivity contribution >= 4 is 11.6 Å². The lowest BCUT2D eigenvalue weighted by molar-refractivity contribution is 0.178. The van der Waals surface area contributed by atoms with E-state index in [4.69, 9.17) is 4.74 Å². The Balaban J connectivity index is 2.30. The van der Waals surface area contributed by atoms with Gasteiger partial charge in [0.15, 0.2) is 5.82 Å². The highest BCUT2D eigenvalue weighted by atomic mass is 16.5. The molecule has 0 radical (unpaired) electrons. The van der Waals surface area contributed by atoms with Gasteiger partial charge in [-0.3, -0.25) is 0 Å². The van der Waals surface area contributed by atoms with Gasteiger partial charge in [0.1, 0.15) is 18.2 Å². The molecule has 2 rings (SSSR count). The van der Waals surface area contributed by atoms with E-state index in [1.54, 1.807) is 7.11 Å². The van der Waals surface area contributed by atoms with E-state index in [9.17, 15) is 0 Å². The van der Waals surface area contributed by atoms with Crippen LogP contribution in [0.25, 0.3) is 0 Å². The predicted molar refractivity (Wildman–Crippen MR) is 82.2 cm³/mol. The first-order valence-electron chi connectivity index (χ1n) is 7.59. The Morgan fingerprint density at radius 2 is 2.20 bits per heavy atom. The van der Waals surface area contributed by atoms with Crippen molar-refractivity contribution < 1.29 is 4.74 Å². The van der Waals surface area contributed by atoms with Crippen LogP contribution in [0, 0.1) is 0 Å². The number of aromatic nitrogens is 2. The van der Waals surface area contributed by atoms with Crippen molar-refractivity contribution in [2.75, 3.05) is 30.9 Å². The first-order valence-corrected chi connectivity index (χ1v) is 7.59. The largest absolute Gasteiger partial charge is 0.377 e. The summed E-state index contributed by atoms with van der Waals surface area (Å²) in [6.07, 6.45) is 6.31. The Bertz CT molecular complexity index is 424. The molecule has 1 N–H and O–H groups in total. The number of anilines is 2. The molecular formula is C15H26N4O. The van der Waals surface area contributed by atoms with Crippen molar-refractivity contribution in [1.29, 1.82) is 0 Å². The third-order valence-electron chi connectivity index (χ3n) is 3.93. The molecule has 1 unspecified atom stereocenters. The lowest BCUT2D eigenvalue weighted by Gasteiger charge is -2.30. The standard InChI is InChI=1S/C15H26N4O/c1-4-12-8-6-5-7-9-19(12)15-10-13(16-2)17-14(18-15)11-20-3/h10,12H,4-9,11H2,1-3H3,(H,16,17,18). The molecule has 2 heterocycles. The van der Waals surface area contributed by atoms with Crippen LogP contribution >= 0.6 is 0 Å². The van der Waals surface area contributed by atoms with Crippen molar-refractivity contribution in [2.45, 2.75) is 51.7 Å². The second-order valence-electron chi connectivity index (χ2n) is 5.32. The van der Waals surface area contributed by atoms with Gasteiger partial charge in [-0.1, -0.05) is 19.8 Å². The molecule has 20 heavy (non-hydrogen) atoms. The highest BCUT2D eigenvalue weighted by Gasteiger charge is 2.21. The lowest BCUT2D eigenvalue weighted by atomic mass is 10.1. The van der Waals surface area contributed by atoms with E-state index in [1.807, 2.05) is 13.1 Å². The first kappa shape index (κ1) is 15.0. The van der Waals surface area contributed by atoms with Gasteiger partial charge >= 0.3 is 0 Å². The van der Waals surface area contributed by atoms with Crippen molar-refractivity contribution in [3.63, 3.8) is 0 Å². The van der Waals surface area contributed by atoms with Crippen LogP contribution in [0.4, 0.5) is 11.6 Å². The summed E-state index contributed by atoms with van der Waals surface area (Å²) in [4.78, 5) is 11.6. The van der Waals surface area contributed by atoms with E-state index >= 15 is 0 Å². The molecule has 0 saturated carbocycles. The number of rotatable bonds is 5. The molecule has 5 nitrogen and oxygen atoms in total. The maximum Gasteiger partial charge on any atom is 0.158 e. The average molecular weight is 278 g/mol. The summed E-state index contributed by atoms with van der Waals surface area (Å²) in [5, 5.41) is 3.12. The van der Waals surface area contributed by atoms with Gasteiger partial charge in [0, 0.05) is 32.8 Å². The fraction of sp³-hybridized carbons (Fsp3) is 0.733. The van der Waals surface area contributed by atoms with Crippen LogP contribution in [0.15, 0.2) is 6.07 Å². The average Bonchev–Trinajstić information content (AvgIpc) is 2.72. The zero-order chi connectivity index (χ0) is 14.4. The zero-order valence-corrected chi connectivity index (χ0v) is 12.9. The molecule has 1 fully saturated rings. The van der Waals surface area contributed by atoms with E-state index in [0.29, 0.717) is 12.6 Å². The number of nitrogens with one attached hydrogen (secondary N) is 1. The Hall–Kier alpha value is -1.36. The molecule has 1 saturated heterocycles. The van der Waals surface area contributed by atoms with Crippen LogP contribution in [-0.2, 0) is 11.3 Å². The van der Waals surface area contributed by atoms with E-state index < -0.39 is 0 Å². The molecule has 0 aromatic carbocycles. The minimum absolute atomic E-state index is 0.452. The third-order valence-corrected chi connectivity index (χ3v) is 3.93. The van der Waals surface area contributed by atoms with Gasteiger partial charge < -0.3 is 15.0 Å². The van der Waals surface area contributed by atoms with Crippen LogP contribution < -0.4 is 10.2 Å². The molecule has 1 aliphatic rings. The number of methoxy groups -OCH3 is 1. The molecule has 1 aromatic heterocycles. The molecular weight excluding hydrogens is 252 g/mol. The molecule has 1 aromatic rings. The van der Waals surface area contributed by atoms with Crippen molar-refractivity contribution in [3.8, 4) is 0 Å². The lowest BCUT2D eigenvalue weighted by Crippen LogP contribution is -2.35. The van der Waals surface area contributed by atoms with Crippen LogP contribution in [0.5, 0.6) is 0 Å². The smallest absolute Gasteiger partial charge is 0.158 e. The molecule has 1 atom stereocenters. The number of ether oxygens (including phenoxy) is 1. The number of nitrogens with zero attached hydrogens (tertiary/aromatic N) is 3. The van der Waals surface area contributed by atoms with Crippen molar-refractivity contribution in [1.82, 2.24) is 9.97 Å². The van der Waals surface area contributed by atoms with Crippen molar-refractivity contribution in [2.24, 2.45) is 0 Å². The first-order chi connectivity index (χ1) is 9.78. The van der Waals surface area contributed by atoms with Crippen LogP contribution in [0.2, 0.25) is 0 Å². The van der Waals surface area contributed by atoms with Crippen molar-refractivity contribution in [3.05, 3.63) is 11.9 Å². The minimum Gasteiger partial charge on any atom is -0.377 e. The number of hydrogen-bond acceptors (Lipinski definition) is 5. The summed E-state index contributed by atoms with van der Waals surface area (Å²) in [6.45, 7) is 3.80. The summed E-state index contributed by atoms with van der Waals surface area (Å²) in [5.41, 5.74) is 0.